The van der Waals surface area contributed by atoms with Crippen LogP contribution in [0, 0.1) is 17.2 Å². The van der Waals surface area contributed by atoms with Crippen molar-refractivity contribution in [3.63, 3.8) is 0 Å². The predicted molar refractivity (Wildman–Crippen MR) is 95.8 cm³/mol. The Kier molecular flexibility index (Phi) is 7.97. The molecule has 7 nitrogen and oxygen atoms in total. The minimum atomic E-state index is -1.18. The van der Waals surface area contributed by atoms with Crippen LogP contribution in [0.25, 0.3) is 0 Å². The molecule has 0 radical (unpaired) electrons. The van der Waals surface area contributed by atoms with Crippen LogP contribution in [0.4, 0.5) is 4.79 Å². The molecule has 0 spiro atoms. The van der Waals surface area contributed by atoms with Crippen molar-refractivity contribution in [3.05, 3.63) is 32.8 Å². The zero-order chi connectivity index (χ0) is 19.1. The third-order valence-corrected chi connectivity index (χ3v) is 4.34. The van der Waals surface area contributed by atoms with Crippen LogP contribution in [0.15, 0.2) is 17.2 Å². The van der Waals surface area contributed by atoms with Gasteiger partial charge in [-0.15, -0.1) is 0 Å². The van der Waals surface area contributed by atoms with Gasteiger partial charge in [-0.05, 0) is 26.0 Å². The number of hydrazone groups is 1. The lowest BCUT2D eigenvalue weighted by Gasteiger charge is -2.22. The fraction of sp³-hybridized carbons (Fsp3) is 0.333. The number of benzene rings is 1. The number of rotatable bonds is 6. The highest BCUT2D eigenvalue weighted by molar-refractivity contribution is 6.44. The first-order valence-corrected chi connectivity index (χ1v) is 8.17. The van der Waals surface area contributed by atoms with Crippen molar-refractivity contribution in [2.75, 3.05) is 6.61 Å². The van der Waals surface area contributed by atoms with E-state index < -0.39 is 23.8 Å². The number of nitrogens with zero attached hydrogens (tertiary/aromatic N) is 2. The standard InChI is InChI=1S/C15H15Cl3N4O3/c1-3-25-14(23)11(7(2)21-22-15(20)24)8(6-19)12-9(16)4-5-10(17)13(12)18/h4-5,8,11H,3H2,1-2H3,(H3,20,22,24)/b21-7+. The van der Waals surface area contributed by atoms with Crippen molar-refractivity contribution >= 4 is 52.5 Å². The van der Waals surface area contributed by atoms with E-state index in [1.165, 1.54) is 19.1 Å². The van der Waals surface area contributed by atoms with Gasteiger partial charge in [0.25, 0.3) is 0 Å². The van der Waals surface area contributed by atoms with Gasteiger partial charge in [0.2, 0.25) is 0 Å². The summed E-state index contributed by atoms with van der Waals surface area (Å²) in [6.45, 7) is 3.14. The molecule has 0 aliphatic carbocycles. The van der Waals surface area contributed by atoms with E-state index in [-0.39, 0.29) is 32.9 Å². The summed E-state index contributed by atoms with van der Waals surface area (Å²) in [6.07, 6.45) is 0. The van der Waals surface area contributed by atoms with E-state index in [0.717, 1.165) is 0 Å². The number of halogens is 3. The molecule has 10 heteroatoms. The highest BCUT2D eigenvalue weighted by atomic mass is 35.5. The molecular formula is C15H15Cl3N4O3. The van der Waals surface area contributed by atoms with E-state index in [0.29, 0.717) is 0 Å². The van der Waals surface area contributed by atoms with Crippen molar-refractivity contribution in [1.82, 2.24) is 5.43 Å². The second-order valence-corrected chi connectivity index (χ2v) is 6.01. The first kappa shape index (κ1) is 21.0. The Morgan fingerprint density at radius 1 is 1.36 bits per heavy atom. The van der Waals surface area contributed by atoms with Crippen LogP contribution in [0.5, 0.6) is 0 Å². The molecule has 2 unspecified atom stereocenters. The zero-order valence-corrected chi connectivity index (χ0v) is 15.6. The normalized spacial score (nSPS) is 13.5. The van der Waals surface area contributed by atoms with Gasteiger partial charge in [-0.1, -0.05) is 34.8 Å². The van der Waals surface area contributed by atoms with E-state index in [1.54, 1.807) is 6.92 Å². The van der Waals surface area contributed by atoms with Crippen molar-refractivity contribution in [2.45, 2.75) is 19.8 Å². The van der Waals surface area contributed by atoms with Crippen molar-refractivity contribution in [1.29, 1.82) is 5.26 Å². The van der Waals surface area contributed by atoms with Crippen molar-refractivity contribution in [2.24, 2.45) is 16.8 Å². The molecule has 0 saturated heterocycles. The Balaban J connectivity index is 3.48. The number of carbonyl (C=O) groups is 2. The van der Waals surface area contributed by atoms with Crippen LogP contribution in [-0.4, -0.2) is 24.3 Å². The lowest BCUT2D eigenvalue weighted by atomic mass is 9.84. The number of urea groups is 1. The van der Waals surface area contributed by atoms with Gasteiger partial charge in [-0.2, -0.15) is 10.4 Å². The average molecular weight is 406 g/mol. The summed E-state index contributed by atoms with van der Waals surface area (Å²) in [7, 11) is 0. The smallest absolute Gasteiger partial charge is 0.332 e. The third-order valence-electron chi connectivity index (χ3n) is 3.20. The Morgan fingerprint density at radius 2 is 1.96 bits per heavy atom. The topological polar surface area (TPSA) is 118 Å². The zero-order valence-electron chi connectivity index (χ0n) is 13.3. The van der Waals surface area contributed by atoms with Gasteiger partial charge in [0.15, 0.2) is 0 Å². The molecule has 0 saturated carbocycles. The summed E-state index contributed by atoms with van der Waals surface area (Å²) in [5.74, 6) is -3.05. The van der Waals surface area contributed by atoms with Crippen LogP contribution < -0.4 is 11.2 Å². The van der Waals surface area contributed by atoms with Gasteiger partial charge in [0, 0.05) is 10.6 Å². The van der Waals surface area contributed by atoms with Gasteiger partial charge in [-0.3, -0.25) is 4.79 Å². The summed E-state index contributed by atoms with van der Waals surface area (Å²) in [5.41, 5.74) is 7.24. The molecule has 1 aromatic rings. The fourth-order valence-electron chi connectivity index (χ4n) is 2.13. The van der Waals surface area contributed by atoms with E-state index in [1.807, 2.05) is 11.5 Å². The van der Waals surface area contributed by atoms with Gasteiger partial charge < -0.3 is 10.5 Å². The van der Waals surface area contributed by atoms with Crippen LogP contribution >= 0.6 is 34.8 Å². The Labute approximate surface area is 159 Å². The van der Waals surface area contributed by atoms with Gasteiger partial charge >= 0.3 is 12.0 Å². The third kappa shape index (κ3) is 5.23. The summed E-state index contributed by atoms with van der Waals surface area (Å²) in [4.78, 5) is 23.2. The number of primary amides is 1. The number of nitriles is 1. The van der Waals surface area contributed by atoms with Gasteiger partial charge in [-0.25, -0.2) is 10.2 Å². The lowest BCUT2D eigenvalue weighted by molar-refractivity contribution is -0.145. The number of ether oxygens (including phenoxy) is 1. The second kappa shape index (κ2) is 9.47. The number of nitrogens with one attached hydrogen (secondary N) is 1. The maximum atomic E-state index is 12.4. The lowest BCUT2D eigenvalue weighted by Crippen LogP contribution is -2.33. The Bertz CT molecular complexity index is 746. The second-order valence-electron chi connectivity index (χ2n) is 4.82. The summed E-state index contributed by atoms with van der Waals surface area (Å²) < 4.78 is 5.01. The number of hydrogen-bond acceptors (Lipinski definition) is 5. The molecule has 0 aromatic heterocycles. The average Bonchev–Trinajstić information content (AvgIpc) is 2.55. The maximum absolute atomic E-state index is 12.4. The van der Waals surface area contributed by atoms with Crippen LogP contribution in [-0.2, 0) is 9.53 Å². The van der Waals surface area contributed by atoms with E-state index in [2.05, 4.69) is 5.10 Å². The predicted octanol–water partition coefficient (Wildman–Crippen LogP) is 3.48. The van der Waals surface area contributed by atoms with Crippen molar-refractivity contribution in [3.8, 4) is 6.07 Å². The molecule has 25 heavy (non-hydrogen) atoms. The maximum Gasteiger partial charge on any atom is 0.332 e. The van der Waals surface area contributed by atoms with E-state index >= 15 is 0 Å². The number of nitrogens with two attached hydrogens (primary N) is 1. The van der Waals surface area contributed by atoms with Crippen LogP contribution in [0.1, 0.15) is 25.3 Å². The molecule has 134 valence electrons. The molecule has 0 aliphatic rings. The monoisotopic (exact) mass is 404 g/mol. The first-order chi connectivity index (χ1) is 11.7. The molecule has 0 aliphatic heterocycles. The number of hydrogen-bond donors (Lipinski definition) is 2. The van der Waals surface area contributed by atoms with E-state index in [4.69, 9.17) is 45.3 Å². The number of esters is 1. The highest BCUT2D eigenvalue weighted by Gasteiger charge is 2.36. The van der Waals surface area contributed by atoms with Gasteiger partial charge in [0.1, 0.15) is 5.92 Å². The molecule has 1 aromatic carbocycles. The molecule has 0 heterocycles. The molecule has 0 fully saturated rings. The van der Waals surface area contributed by atoms with Gasteiger partial charge in [0.05, 0.1) is 34.4 Å². The summed E-state index contributed by atoms with van der Waals surface area (Å²) in [6, 6.07) is 4.00. The molecule has 1 rings (SSSR count). The van der Waals surface area contributed by atoms with Crippen molar-refractivity contribution < 1.29 is 14.3 Å². The highest BCUT2D eigenvalue weighted by Crippen LogP contribution is 2.40. The Morgan fingerprint density at radius 3 is 2.48 bits per heavy atom. The van der Waals surface area contributed by atoms with Crippen LogP contribution in [0.3, 0.4) is 0 Å². The quantitative estimate of drug-likeness (QED) is 0.326. The fourth-order valence-corrected chi connectivity index (χ4v) is 2.90. The summed E-state index contributed by atoms with van der Waals surface area (Å²) >= 11 is 18.3. The molecule has 0 bridgehead atoms. The molecule has 2 atom stereocenters. The first-order valence-electron chi connectivity index (χ1n) is 7.03. The number of amides is 2. The minimum absolute atomic E-state index is 0.0469. The SMILES string of the molecule is CCOC(=O)C(/C(C)=N/NC(N)=O)C(C#N)c1c(Cl)ccc(Cl)c1Cl. The number of carbonyl (C=O) groups excluding carboxylic acids is 2. The molecule has 3 N–H and O–H groups in total. The van der Waals surface area contributed by atoms with Crippen LogP contribution in [0.2, 0.25) is 15.1 Å². The minimum Gasteiger partial charge on any atom is -0.465 e. The molecule has 2 amide bonds. The molecular weight excluding hydrogens is 391 g/mol. The Hall–Kier alpha value is -2.01. The van der Waals surface area contributed by atoms with E-state index in [9.17, 15) is 14.9 Å². The summed E-state index contributed by atoms with van der Waals surface area (Å²) in [5, 5.41) is 13.8. The largest absolute Gasteiger partial charge is 0.465 e.